The molecule has 0 N–H and O–H groups in total. The van der Waals surface area contributed by atoms with Crippen LogP contribution in [-0.2, 0) is 6.42 Å². The van der Waals surface area contributed by atoms with Gasteiger partial charge in [0.1, 0.15) is 11.3 Å². The molecule has 0 aliphatic carbocycles. The van der Waals surface area contributed by atoms with Gasteiger partial charge >= 0.3 is 0 Å². The van der Waals surface area contributed by atoms with E-state index < -0.39 is 0 Å². The van der Waals surface area contributed by atoms with Gasteiger partial charge in [0.2, 0.25) is 0 Å². The van der Waals surface area contributed by atoms with E-state index in [1.54, 1.807) is 11.8 Å². The van der Waals surface area contributed by atoms with Gasteiger partial charge in [-0.2, -0.15) is 5.10 Å². The Labute approximate surface area is 157 Å². The lowest BCUT2D eigenvalue weighted by molar-refractivity contribution is 0.636. The van der Waals surface area contributed by atoms with Gasteiger partial charge < -0.3 is 9.80 Å². The van der Waals surface area contributed by atoms with E-state index in [4.69, 9.17) is 4.98 Å². The fourth-order valence-corrected chi connectivity index (χ4v) is 3.71. The Morgan fingerprint density at radius 1 is 1.08 bits per heavy atom. The lowest BCUT2D eigenvalue weighted by Crippen LogP contribution is -2.47. The highest BCUT2D eigenvalue weighted by Crippen LogP contribution is 2.24. The smallest absolute Gasteiger partial charge is 0.189 e. The molecule has 0 aromatic carbocycles. The van der Waals surface area contributed by atoms with Crippen molar-refractivity contribution in [2.75, 3.05) is 42.2 Å². The standard InChI is InChI=1S/C18H23N7S/c1-4-14-12-16(21-18(20-14)26-3)23-7-9-24(10-8-23)17-15-11-13(2)22-25(15)6-5-19-17/h5-6,11-12H,4,7-10H2,1-3H3. The molecule has 0 spiro atoms. The Morgan fingerprint density at radius 2 is 1.85 bits per heavy atom. The molecule has 0 bridgehead atoms. The first-order valence-electron chi connectivity index (χ1n) is 8.90. The van der Waals surface area contributed by atoms with Gasteiger partial charge in [0.25, 0.3) is 0 Å². The molecule has 0 saturated carbocycles. The topological polar surface area (TPSA) is 62.5 Å². The molecule has 26 heavy (non-hydrogen) atoms. The zero-order valence-electron chi connectivity index (χ0n) is 15.4. The van der Waals surface area contributed by atoms with E-state index in [1.807, 2.05) is 30.1 Å². The van der Waals surface area contributed by atoms with Crippen LogP contribution in [0.5, 0.6) is 0 Å². The number of anilines is 2. The van der Waals surface area contributed by atoms with Gasteiger partial charge in [-0.3, -0.25) is 0 Å². The molecule has 0 atom stereocenters. The van der Waals surface area contributed by atoms with Crippen molar-refractivity contribution in [2.45, 2.75) is 25.4 Å². The van der Waals surface area contributed by atoms with Crippen LogP contribution in [-0.4, -0.2) is 57.0 Å². The second-order valence-electron chi connectivity index (χ2n) is 6.40. The summed E-state index contributed by atoms with van der Waals surface area (Å²) in [5.41, 5.74) is 3.18. The van der Waals surface area contributed by atoms with E-state index in [-0.39, 0.29) is 0 Å². The van der Waals surface area contributed by atoms with Crippen molar-refractivity contribution >= 4 is 28.9 Å². The summed E-state index contributed by atoms with van der Waals surface area (Å²) in [6.45, 7) is 7.81. The van der Waals surface area contributed by atoms with Crippen molar-refractivity contribution in [1.82, 2.24) is 24.6 Å². The minimum atomic E-state index is 0.850. The Kier molecular flexibility index (Phi) is 4.67. The first-order chi connectivity index (χ1) is 12.7. The van der Waals surface area contributed by atoms with Crippen LogP contribution >= 0.6 is 11.8 Å². The average Bonchev–Trinajstić information content (AvgIpc) is 3.07. The van der Waals surface area contributed by atoms with Crippen molar-refractivity contribution in [3.05, 3.63) is 35.9 Å². The number of piperazine rings is 1. The van der Waals surface area contributed by atoms with Gasteiger partial charge in [0.05, 0.1) is 5.69 Å². The summed E-state index contributed by atoms with van der Waals surface area (Å²) >= 11 is 1.60. The molecular weight excluding hydrogens is 346 g/mol. The number of fused-ring (bicyclic) bond motifs is 1. The van der Waals surface area contributed by atoms with Crippen molar-refractivity contribution in [3.63, 3.8) is 0 Å². The molecule has 4 heterocycles. The van der Waals surface area contributed by atoms with Crippen LogP contribution in [0.3, 0.4) is 0 Å². The number of hydrogen-bond acceptors (Lipinski definition) is 7. The molecule has 136 valence electrons. The van der Waals surface area contributed by atoms with E-state index in [0.29, 0.717) is 0 Å². The summed E-state index contributed by atoms with van der Waals surface area (Å²) in [6.07, 6.45) is 6.68. The minimum Gasteiger partial charge on any atom is -0.353 e. The van der Waals surface area contributed by atoms with E-state index in [0.717, 1.165) is 66.3 Å². The van der Waals surface area contributed by atoms with Crippen molar-refractivity contribution < 1.29 is 0 Å². The maximum Gasteiger partial charge on any atom is 0.189 e. The maximum atomic E-state index is 4.70. The van der Waals surface area contributed by atoms with Gasteiger partial charge in [-0.15, -0.1) is 0 Å². The lowest BCUT2D eigenvalue weighted by atomic mass is 10.2. The molecule has 1 aliphatic heterocycles. The zero-order chi connectivity index (χ0) is 18.1. The molecule has 0 unspecified atom stereocenters. The Bertz CT molecular complexity index is 893. The quantitative estimate of drug-likeness (QED) is 0.517. The lowest BCUT2D eigenvalue weighted by Gasteiger charge is -2.36. The molecule has 0 amide bonds. The molecule has 1 fully saturated rings. The average molecular weight is 369 g/mol. The minimum absolute atomic E-state index is 0.850. The molecule has 3 aromatic heterocycles. The highest BCUT2D eigenvalue weighted by Gasteiger charge is 2.22. The Hall–Kier alpha value is -2.35. The number of aromatic nitrogens is 5. The number of rotatable bonds is 4. The third-order valence-corrected chi connectivity index (χ3v) is 5.23. The van der Waals surface area contributed by atoms with Crippen molar-refractivity contribution in [3.8, 4) is 0 Å². The number of aryl methyl sites for hydroxylation is 2. The summed E-state index contributed by atoms with van der Waals surface area (Å²) in [4.78, 5) is 18.6. The molecule has 4 rings (SSSR count). The Morgan fingerprint density at radius 3 is 2.58 bits per heavy atom. The van der Waals surface area contributed by atoms with Crippen LogP contribution in [0.1, 0.15) is 18.3 Å². The van der Waals surface area contributed by atoms with Crippen LogP contribution < -0.4 is 9.80 Å². The summed E-state index contributed by atoms with van der Waals surface area (Å²) in [5.74, 6) is 2.04. The predicted octanol–water partition coefficient (Wildman–Crippen LogP) is 2.44. The van der Waals surface area contributed by atoms with Crippen molar-refractivity contribution in [1.29, 1.82) is 0 Å². The van der Waals surface area contributed by atoms with Crippen LogP contribution in [0.2, 0.25) is 0 Å². The van der Waals surface area contributed by atoms with Crippen LogP contribution in [0.25, 0.3) is 5.52 Å². The van der Waals surface area contributed by atoms with E-state index >= 15 is 0 Å². The van der Waals surface area contributed by atoms with E-state index in [9.17, 15) is 0 Å². The first-order valence-corrected chi connectivity index (χ1v) is 10.1. The van der Waals surface area contributed by atoms with Crippen LogP contribution in [0, 0.1) is 6.92 Å². The highest BCUT2D eigenvalue weighted by atomic mass is 32.2. The zero-order valence-corrected chi connectivity index (χ0v) is 16.2. The third-order valence-electron chi connectivity index (χ3n) is 4.68. The van der Waals surface area contributed by atoms with Crippen LogP contribution in [0.4, 0.5) is 11.6 Å². The summed E-state index contributed by atoms with van der Waals surface area (Å²) < 4.78 is 1.91. The van der Waals surface area contributed by atoms with Gasteiger partial charge in [-0.25, -0.2) is 19.5 Å². The van der Waals surface area contributed by atoms with Gasteiger partial charge in [-0.1, -0.05) is 18.7 Å². The number of hydrogen-bond donors (Lipinski definition) is 0. The maximum absolute atomic E-state index is 4.70. The van der Waals surface area contributed by atoms with Gasteiger partial charge in [0, 0.05) is 50.3 Å². The highest BCUT2D eigenvalue weighted by molar-refractivity contribution is 7.98. The Balaban J connectivity index is 1.54. The number of nitrogens with zero attached hydrogens (tertiary/aromatic N) is 7. The molecule has 1 aliphatic rings. The molecule has 0 radical (unpaired) electrons. The fraction of sp³-hybridized carbons (Fsp3) is 0.444. The third kappa shape index (κ3) is 3.21. The molecule has 7 nitrogen and oxygen atoms in total. The van der Waals surface area contributed by atoms with Gasteiger partial charge in [0.15, 0.2) is 11.0 Å². The van der Waals surface area contributed by atoms with Gasteiger partial charge in [-0.05, 0) is 25.7 Å². The monoisotopic (exact) mass is 369 g/mol. The summed E-state index contributed by atoms with van der Waals surface area (Å²) in [5, 5.41) is 5.34. The fourth-order valence-electron chi connectivity index (χ4n) is 3.32. The SMILES string of the molecule is CCc1cc(N2CCN(c3nccn4nc(C)cc34)CC2)nc(SC)n1. The van der Waals surface area contributed by atoms with Crippen molar-refractivity contribution in [2.24, 2.45) is 0 Å². The first kappa shape index (κ1) is 17.1. The van der Waals surface area contributed by atoms with E-state index in [2.05, 4.69) is 43.9 Å². The largest absolute Gasteiger partial charge is 0.353 e. The number of thioether (sulfide) groups is 1. The molecule has 3 aromatic rings. The second-order valence-corrected chi connectivity index (χ2v) is 7.17. The molecule has 8 heteroatoms. The summed E-state index contributed by atoms with van der Waals surface area (Å²) in [6, 6.07) is 4.21. The predicted molar refractivity (Wildman–Crippen MR) is 105 cm³/mol. The summed E-state index contributed by atoms with van der Waals surface area (Å²) in [7, 11) is 0. The van der Waals surface area contributed by atoms with Crippen LogP contribution in [0.15, 0.2) is 29.7 Å². The van der Waals surface area contributed by atoms with E-state index in [1.165, 1.54) is 0 Å². The second kappa shape index (κ2) is 7.11. The normalized spacial score (nSPS) is 15.0. The molecular formula is C18H23N7S. The molecule has 1 saturated heterocycles.